The normalized spacial score (nSPS) is 19.2. The first-order valence-corrected chi connectivity index (χ1v) is 7.09. The van der Waals surface area contributed by atoms with E-state index in [-0.39, 0.29) is 5.56 Å². The Hall–Kier alpha value is -1.32. The van der Waals surface area contributed by atoms with Crippen molar-refractivity contribution >= 4 is 5.82 Å². The van der Waals surface area contributed by atoms with Gasteiger partial charge in [-0.25, -0.2) is 4.98 Å². The van der Waals surface area contributed by atoms with Crippen LogP contribution in [0.1, 0.15) is 32.6 Å². The first kappa shape index (κ1) is 11.8. The minimum atomic E-state index is 0.00495. The summed E-state index contributed by atoms with van der Waals surface area (Å²) in [6.45, 7) is 3.60. The van der Waals surface area contributed by atoms with Crippen molar-refractivity contribution in [1.82, 2.24) is 9.55 Å². The number of anilines is 1. The summed E-state index contributed by atoms with van der Waals surface area (Å²) in [5.74, 6) is 3.09. The molecule has 0 saturated heterocycles. The van der Waals surface area contributed by atoms with Gasteiger partial charge in [0.1, 0.15) is 0 Å². The molecule has 3 rings (SSSR count). The van der Waals surface area contributed by atoms with E-state index >= 15 is 0 Å². The highest BCUT2D eigenvalue weighted by Crippen LogP contribution is 2.49. The number of nitrogens with zero attached hydrogens (tertiary/aromatic N) is 2. The zero-order chi connectivity index (χ0) is 12.5. The molecule has 1 heterocycles. The number of nitrogens with one attached hydrogen (secondary N) is 1. The van der Waals surface area contributed by atoms with E-state index < -0.39 is 0 Å². The molecule has 1 aromatic rings. The Bertz CT molecular complexity index is 462. The first-order valence-electron chi connectivity index (χ1n) is 7.09. The van der Waals surface area contributed by atoms with Crippen LogP contribution >= 0.6 is 0 Å². The quantitative estimate of drug-likeness (QED) is 0.837. The van der Waals surface area contributed by atoms with Crippen molar-refractivity contribution < 1.29 is 0 Å². The van der Waals surface area contributed by atoms with Gasteiger partial charge in [-0.1, -0.05) is 0 Å². The number of rotatable bonds is 6. The smallest absolute Gasteiger partial charge is 0.293 e. The number of hydrogen-bond acceptors (Lipinski definition) is 3. The lowest BCUT2D eigenvalue weighted by Crippen LogP contribution is -2.27. The van der Waals surface area contributed by atoms with Gasteiger partial charge in [-0.05, 0) is 50.4 Å². The Labute approximate surface area is 107 Å². The summed E-state index contributed by atoms with van der Waals surface area (Å²) in [5, 5.41) is 3.29. The molecule has 1 N–H and O–H groups in total. The van der Waals surface area contributed by atoms with Crippen LogP contribution in [0.15, 0.2) is 17.2 Å². The van der Waals surface area contributed by atoms with E-state index in [9.17, 15) is 4.79 Å². The van der Waals surface area contributed by atoms with Gasteiger partial charge in [-0.3, -0.25) is 4.79 Å². The third-order valence-electron chi connectivity index (χ3n) is 4.21. The Kier molecular flexibility index (Phi) is 3.10. The molecule has 0 radical (unpaired) electrons. The third kappa shape index (κ3) is 2.42. The van der Waals surface area contributed by atoms with Gasteiger partial charge in [0, 0.05) is 25.5 Å². The summed E-state index contributed by atoms with van der Waals surface area (Å²) in [6, 6.07) is 0. The summed E-state index contributed by atoms with van der Waals surface area (Å²) in [5.41, 5.74) is 0.00495. The van der Waals surface area contributed by atoms with E-state index in [0.29, 0.717) is 12.4 Å². The highest BCUT2D eigenvalue weighted by atomic mass is 16.1. The van der Waals surface area contributed by atoms with Gasteiger partial charge in [-0.2, -0.15) is 0 Å². The summed E-state index contributed by atoms with van der Waals surface area (Å²) in [4.78, 5) is 16.2. The van der Waals surface area contributed by atoms with Crippen molar-refractivity contribution in [2.45, 2.75) is 39.2 Å². The lowest BCUT2D eigenvalue weighted by atomic mass is 9.98. The van der Waals surface area contributed by atoms with Gasteiger partial charge in [0.15, 0.2) is 5.82 Å². The van der Waals surface area contributed by atoms with Crippen molar-refractivity contribution in [3.63, 3.8) is 0 Å². The summed E-state index contributed by atoms with van der Waals surface area (Å²) >= 11 is 0. The monoisotopic (exact) mass is 247 g/mol. The predicted octanol–water partition coefficient (Wildman–Crippen LogP) is 2.11. The SMILES string of the molecule is CCn1ccnc(NCC(C2CC2)C2CC2)c1=O. The van der Waals surface area contributed by atoms with Crippen LogP contribution < -0.4 is 10.9 Å². The van der Waals surface area contributed by atoms with E-state index in [2.05, 4.69) is 10.3 Å². The minimum absolute atomic E-state index is 0.00495. The Morgan fingerprint density at radius 2 is 2.06 bits per heavy atom. The van der Waals surface area contributed by atoms with Crippen LogP contribution in [0.25, 0.3) is 0 Å². The molecular formula is C14H21N3O. The molecule has 0 amide bonds. The van der Waals surface area contributed by atoms with Crippen LogP contribution in [-0.2, 0) is 6.54 Å². The zero-order valence-corrected chi connectivity index (χ0v) is 10.9. The molecule has 0 spiro atoms. The zero-order valence-electron chi connectivity index (χ0n) is 10.9. The predicted molar refractivity (Wildman–Crippen MR) is 71.6 cm³/mol. The maximum Gasteiger partial charge on any atom is 0.293 e. The second-order valence-corrected chi connectivity index (χ2v) is 5.59. The largest absolute Gasteiger partial charge is 0.365 e. The molecule has 0 bridgehead atoms. The number of aromatic nitrogens is 2. The van der Waals surface area contributed by atoms with Gasteiger partial charge in [0.2, 0.25) is 0 Å². The third-order valence-corrected chi connectivity index (χ3v) is 4.21. The standard InChI is InChI=1S/C14H21N3O/c1-2-17-8-7-15-13(14(17)18)16-9-12(10-3-4-10)11-5-6-11/h7-8,10-12H,2-6,9H2,1H3,(H,15,16). The van der Waals surface area contributed by atoms with E-state index in [0.717, 1.165) is 24.3 Å². The van der Waals surface area contributed by atoms with Crippen LogP contribution in [-0.4, -0.2) is 16.1 Å². The molecule has 2 fully saturated rings. The molecule has 2 saturated carbocycles. The first-order chi connectivity index (χ1) is 8.79. The van der Waals surface area contributed by atoms with Gasteiger partial charge in [-0.15, -0.1) is 0 Å². The molecule has 2 aliphatic carbocycles. The molecule has 1 aromatic heterocycles. The lowest BCUT2D eigenvalue weighted by molar-refractivity contribution is 0.427. The fourth-order valence-electron chi connectivity index (χ4n) is 2.80. The van der Waals surface area contributed by atoms with E-state index in [1.807, 2.05) is 6.92 Å². The molecular weight excluding hydrogens is 226 g/mol. The lowest BCUT2D eigenvalue weighted by Gasteiger charge is -2.16. The van der Waals surface area contributed by atoms with E-state index in [1.165, 1.54) is 25.7 Å². The van der Waals surface area contributed by atoms with Crippen molar-refractivity contribution in [1.29, 1.82) is 0 Å². The Morgan fingerprint density at radius 1 is 1.39 bits per heavy atom. The van der Waals surface area contributed by atoms with Gasteiger partial charge < -0.3 is 9.88 Å². The molecule has 4 nitrogen and oxygen atoms in total. The Morgan fingerprint density at radius 3 is 2.61 bits per heavy atom. The van der Waals surface area contributed by atoms with Crippen LogP contribution in [0.2, 0.25) is 0 Å². The summed E-state index contributed by atoms with van der Waals surface area (Å²) < 4.78 is 1.69. The maximum atomic E-state index is 12.0. The van der Waals surface area contributed by atoms with Crippen molar-refractivity contribution in [2.24, 2.45) is 17.8 Å². The molecule has 0 atom stereocenters. The molecule has 4 heteroatoms. The molecule has 18 heavy (non-hydrogen) atoms. The second kappa shape index (κ2) is 4.75. The highest BCUT2D eigenvalue weighted by molar-refractivity contribution is 5.31. The van der Waals surface area contributed by atoms with Gasteiger partial charge in [0.25, 0.3) is 5.56 Å². The molecule has 0 unspecified atom stereocenters. The van der Waals surface area contributed by atoms with Crippen LogP contribution in [0.4, 0.5) is 5.82 Å². The Balaban J connectivity index is 1.66. The van der Waals surface area contributed by atoms with Crippen molar-refractivity contribution in [2.75, 3.05) is 11.9 Å². The average molecular weight is 247 g/mol. The number of hydrogen-bond donors (Lipinski definition) is 1. The van der Waals surface area contributed by atoms with Crippen LogP contribution in [0.3, 0.4) is 0 Å². The van der Waals surface area contributed by atoms with E-state index in [1.54, 1.807) is 17.0 Å². The summed E-state index contributed by atoms with van der Waals surface area (Å²) in [6.07, 6.45) is 8.96. The van der Waals surface area contributed by atoms with Crippen molar-refractivity contribution in [3.8, 4) is 0 Å². The minimum Gasteiger partial charge on any atom is -0.365 e. The fraction of sp³-hybridized carbons (Fsp3) is 0.714. The highest BCUT2D eigenvalue weighted by Gasteiger charge is 2.41. The topological polar surface area (TPSA) is 46.9 Å². The molecule has 98 valence electrons. The summed E-state index contributed by atoms with van der Waals surface area (Å²) in [7, 11) is 0. The number of aryl methyl sites for hydroxylation is 1. The molecule has 0 aromatic carbocycles. The molecule has 0 aliphatic heterocycles. The second-order valence-electron chi connectivity index (χ2n) is 5.59. The fourth-order valence-corrected chi connectivity index (χ4v) is 2.80. The van der Waals surface area contributed by atoms with Crippen LogP contribution in [0.5, 0.6) is 0 Å². The maximum absolute atomic E-state index is 12.0. The average Bonchev–Trinajstić information content (AvgIpc) is 3.25. The molecule has 2 aliphatic rings. The van der Waals surface area contributed by atoms with Crippen molar-refractivity contribution in [3.05, 3.63) is 22.7 Å². The van der Waals surface area contributed by atoms with Gasteiger partial charge >= 0.3 is 0 Å². The van der Waals surface area contributed by atoms with E-state index in [4.69, 9.17) is 0 Å². The van der Waals surface area contributed by atoms with Crippen LogP contribution in [0, 0.1) is 17.8 Å². The van der Waals surface area contributed by atoms with Gasteiger partial charge in [0.05, 0.1) is 0 Å².